The smallest absolute Gasteiger partial charge is 0.265 e. The number of hydrogen-bond acceptors (Lipinski definition) is 5. The van der Waals surface area contributed by atoms with Gasteiger partial charge in [-0.2, -0.15) is 5.10 Å². The predicted octanol–water partition coefficient (Wildman–Crippen LogP) is 3.73. The topological polar surface area (TPSA) is 90.3 Å². The van der Waals surface area contributed by atoms with Gasteiger partial charge < -0.3 is 4.74 Å². The van der Waals surface area contributed by atoms with E-state index in [9.17, 15) is 13.2 Å². The van der Waals surface area contributed by atoms with Crippen LogP contribution in [-0.4, -0.2) is 31.2 Å². The Bertz CT molecular complexity index is 1330. The maximum Gasteiger partial charge on any atom is 0.265 e. The Kier molecular flexibility index (Phi) is 6.04. The third-order valence-corrected chi connectivity index (χ3v) is 6.32. The summed E-state index contributed by atoms with van der Waals surface area (Å²) in [5.74, 6) is -0.271. The van der Waals surface area contributed by atoms with Crippen molar-refractivity contribution in [2.24, 2.45) is 0 Å². The Morgan fingerprint density at radius 1 is 1.00 bits per heavy atom. The van der Waals surface area contributed by atoms with Gasteiger partial charge >= 0.3 is 0 Å². The van der Waals surface area contributed by atoms with Crippen LogP contribution in [0.1, 0.15) is 15.9 Å². The molecule has 32 heavy (non-hydrogen) atoms. The zero-order valence-corrected chi connectivity index (χ0v) is 18.1. The Labute approximate surface area is 186 Å². The number of ether oxygens (including phenoxy) is 1. The van der Waals surface area contributed by atoms with Crippen molar-refractivity contribution in [3.8, 4) is 16.9 Å². The van der Waals surface area contributed by atoms with Gasteiger partial charge in [-0.15, -0.1) is 0 Å². The van der Waals surface area contributed by atoms with Crippen molar-refractivity contribution in [1.82, 2.24) is 14.5 Å². The van der Waals surface area contributed by atoms with E-state index in [0.717, 1.165) is 11.1 Å². The van der Waals surface area contributed by atoms with Crippen molar-refractivity contribution in [2.75, 3.05) is 7.11 Å². The first kappa shape index (κ1) is 21.3. The lowest BCUT2D eigenvalue weighted by atomic mass is 10.1. The molecular weight excluding hydrogens is 426 g/mol. The number of amides is 1. The van der Waals surface area contributed by atoms with Crippen LogP contribution in [0.3, 0.4) is 0 Å². The van der Waals surface area contributed by atoms with Gasteiger partial charge in [-0.1, -0.05) is 54.6 Å². The summed E-state index contributed by atoms with van der Waals surface area (Å²) in [5.41, 5.74) is 2.24. The molecule has 1 aromatic heterocycles. The fraction of sp³-hybridized carbons (Fsp3) is 0.0833. The summed E-state index contributed by atoms with van der Waals surface area (Å²) in [5, 5.41) is 4.16. The van der Waals surface area contributed by atoms with E-state index in [1.165, 1.54) is 19.2 Å². The minimum Gasteiger partial charge on any atom is -0.496 e. The Hall–Kier alpha value is -3.91. The molecule has 1 heterocycles. The SMILES string of the molecule is COc1cc(C(=O)NS(=O)(=O)c2ccccc2-c2ccccc2)ccc1Cn1cccn1. The highest BCUT2D eigenvalue weighted by Gasteiger charge is 2.23. The van der Waals surface area contributed by atoms with E-state index < -0.39 is 15.9 Å². The van der Waals surface area contributed by atoms with Crippen LogP contribution in [0.4, 0.5) is 0 Å². The first-order valence-electron chi connectivity index (χ1n) is 9.84. The standard InChI is InChI=1S/C24H21N3O4S/c1-31-22-16-19(12-13-20(22)17-27-15-7-14-25-27)24(28)26-32(29,30)23-11-6-5-10-21(23)18-8-3-2-4-9-18/h2-16H,17H2,1H3,(H,26,28). The monoisotopic (exact) mass is 447 g/mol. The molecule has 0 aliphatic heterocycles. The highest BCUT2D eigenvalue weighted by atomic mass is 32.2. The lowest BCUT2D eigenvalue weighted by Crippen LogP contribution is -2.31. The molecule has 0 fully saturated rings. The molecule has 4 rings (SSSR count). The first-order valence-corrected chi connectivity index (χ1v) is 11.3. The predicted molar refractivity (Wildman–Crippen MR) is 121 cm³/mol. The normalized spacial score (nSPS) is 11.2. The van der Waals surface area contributed by atoms with E-state index >= 15 is 0 Å². The van der Waals surface area contributed by atoms with Crippen molar-refractivity contribution < 1.29 is 17.9 Å². The number of nitrogens with zero attached hydrogens (tertiary/aromatic N) is 2. The van der Waals surface area contributed by atoms with Crippen LogP contribution in [0.25, 0.3) is 11.1 Å². The molecule has 7 nitrogen and oxygen atoms in total. The second kappa shape index (κ2) is 9.07. The summed E-state index contributed by atoms with van der Waals surface area (Å²) in [7, 11) is -2.62. The highest BCUT2D eigenvalue weighted by molar-refractivity contribution is 7.90. The summed E-state index contributed by atoms with van der Waals surface area (Å²) in [4.78, 5) is 12.8. The van der Waals surface area contributed by atoms with Crippen LogP contribution in [0.15, 0.2) is 96.2 Å². The molecule has 0 saturated heterocycles. The molecule has 162 valence electrons. The van der Waals surface area contributed by atoms with Gasteiger partial charge in [-0.25, -0.2) is 13.1 Å². The lowest BCUT2D eigenvalue weighted by molar-refractivity contribution is 0.0981. The zero-order chi connectivity index (χ0) is 22.6. The van der Waals surface area contributed by atoms with Gasteiger partial charge in [0.15, 0.2) is 0 Å². The van der Waals surface area contributed by atoms with Gasteiger partial charge in [-0.3, -0.25) is 9.48 Å². The van der Waals surface area contributed by atoms with Gasteiger partial charge in [-0.05, 0) is 29.8 Å². The molecule has 0 atom stereocenters. The molecule has 1 amide bonds. The molecule has 1 N–H and O–H groups in total. The molecule has 0 aliphatic carbocycles. The fourth-order valence-corrected chi connectivity index (χ4v) is 4.58. The van der Waals surface area contributed by atoms with Crippen molar-refractivity contribution >= 4 is 15.9 Å². The van der Waals surface area contributed by atoms with Crippen LogP contribution in [-0.2, 0) is 16.6 Å². The van der Waals surface area contributed by atoms with E-state index in [-0.39, 0.29) is 10.5 Å². The number of benzene rings is 3. The number of nitrogens with one attached hydrogen (secondary N) is 1. The molecule has 0 aliphatic rings. The summed E-state index contributed by atoms with van der Waals surface area (Å²) >= 11 is 0. The molecule has 0 spiro atoms. The summed E-state index contributed by atoms with van der Waals surface area (Å²) in [6.45, 7) is 0.459. The van der Waals surface area contributed by atoms with Crippen LogP contribution in [0.5, 0.6) is 5.75 Å². The molecule has 0 bridgehead atoms. The van der Waals surface area contributed by atoms with Crippen LogP contribution >= 0.6 is 0 Å². The summed E-state index contributed by atoms with van der Waals surface area (Å²) in [6, 6.07) is 22.3. The van der Waals surface area contributed by atoms with Crippen molar-refractivity contribution in [3.05, 3.63) is 102 Å². The average Bonchev–Trinajstić information content (AvgIpc) is 3.33. The van der Waals surface area contributed by atoms with Crippen LogP contribution in [0.2, 0.25) is 0 Å². The maximum atomic E-state index is 13.1. The molecule has 0 radical (unpaired) electrons. The number of sulfonamides is 1. The molecular formula is C24H21N3O4S. The Morgan fingerprint density at radius 2 is 1.75 bits per heavy atom. The molecule has 0 saturated carbocycles. The van der Waals surface area contributed by atoms with Gasteiger partial charge in [0, 0.05) is 29.1 Å². The Balaban J connectivity index is 1.60. The van der Waals surface area contributed by atoms with E-state index in [0.29, 0.717) is 17.9 Å². The number of hydrogen-bond donors (Lipinski definition) is 1. The second-order valence-corrected chi connectivity index (χ2v) is 8.68. The quantitative estimate of drug-likeness (QED) is 0.466. The maximum absolute atomic E-state index is 13.1. The number of rotatable bonds is 7. The number of carbonyl (C=O) groups is 1. The summed E-state index contributed by atoms with van der Waals surface area (Å²) < 4.78 is 35.4. The van der Waals surface area contributed by atoms with Crippen molar-refractivity contribution in [3.63, 3.8) is 0 Å². The average molecular weight is 448 g/mol. The van der Waals surface area contributed by atoms with E-state index in [2.05, 4.69) is 9.82 Å². The van der Waals surface area contributed by atoms with E-state index in [1.54, 1.807) is 41.2 Å². The fourth-order valence-electron chi connectivity index (χ4n) is 3.38. The van der Waals surface area contributed by atoms with Gasteiger partial charge in [0.05, 0.1) is 18.6 Å². The Morgan fingerprint density at radius 3 is 2.47 bits per heavy atom. The molecule has 0 unspecified atom stereocenters. The lowest BCUT2D eigenvalue weighted by Gasteiger charge is -2.13. The van der Waals surface area contributed by atoms with Crippen LogP contribution < -0.4 is 9.46 Å². The van der Waals surface area contributed by atoms with E-state index in [4.69, 9.17) is 4.74 Å². The van der Waals surface area contributed by atoms with Gasteiger partial charge in [0.1, 0.15) is 5.75 Å². The van der Waals surface area contributed by atoms with Gasteiger partial charge in [0.2, 0.25) is 0 Å². The number of carbonyl (C=O) groups excluding carboxylic acids is 1. The summed E-state index contributed by atoms with van der Waals surface area (Å²) in [6.07, 6.45) is 3.49. The first-order chi connectivity index (χ1) is 15.5. The third-order valence-electron chi connectivity index (χ3n) is 4.93. The third kappa shape index (κ3) is 4.55. The van der Waals surface area contributed by atoms with Crippen molar-refractivity contribution in [2.45, 2.75) is 11.4 Å². The number of methoxy groups -OCH3 is 1. The highest BCUT2D eigenvalue weighted by Crippen LogP contribution is 2.27. The molecule has 3 aromatic carbocycles. The molecule has 4 aromatic rings. The van der Waals surface area contributed by atoms with Crippen molar-refractivity contribution in [1.29, 1.82) is 0 Å². The minimum absolute atomic E-state index is 0.0295. The second-order valence-electron chi connectivity index (χ2n) is 7.03. The minimum atomic E-state index is -4.11. The van der Waals surface area contributed by atoms with E-state index in [1.807, 2.05) is 42.6 Å². The number of aromatic nitrogens is 2. The molecule has 8 heteroatoms. The zero-order valence-electron chi connectivity index (χ0n) is 17.3. The van der Waals surface area contributed by atoms with Gasteiger partial charge in [0.25, 0.3) is 15.9 Å². The largest absolute Gasteiger partial charge is 0.496 e. The van der Waals surface area contributed by atoms with Crippen LogP contribution in [0, 0.1) is 0 Å².